The van der Waals surface area contributed by atoms with Crippen LogP contribution in [0, 0.1) is 5.41 Å². The van der Waals surface area contributed by atoms with Crippen LogP contribution in [0.5, 0.6) is 0 Å². The number of carbonyl (C=O) groups excluding carboxylic acids is 1. The average Bonchev–Trinajstić information content (AvgIpc) is 2.70. The van der Waals surface area contributed by atoms with Crippen LogP contribution in [0.25, 0.3) is 0 Å². The van der Waals surface area contributed by atoms with Crippen molar-refractivity contribution in [3.63, 3.8) is 0 Å². The average molecular weight is 431 g/mol. The molecule has 0 saturated heterocycles. The number of nitrogens with one attached hydrogen (secondary N) is 1. The first-order valence-electron chi connectivity index (χ1n) is 9.06. The number of halogens is 2. The molecule has 0 saturated carbocycles. The molecule has 0 aromatic heterocycles. The topological polar surface area (TPSA) is 78.8 Å². The van der Waals surface area contributed by atoms with Crippen molar-refractivity contribution < 1.29 is 14.7 Å². The van der Waals surface area contributed by atoms with E-state index in [1.54, 1.807) is 48.5 Å². The zero-order valence-electron chi connectivity index (χ0n) is 15.7. The number of carboxylic acid groups (broad SMARTS) is 1. The summed E-state index contributed by atoms with van der Waals surface area (Å²) in [5, 5.41) is 15.2. The molecule has 2 atom stereocenters. The number of hydrogen-bond donors (Lipinski definition) is 2. The Balaban J connectivity index is 1.91. The van der Waals surface area contributed by atoms with Gasteiger partial charge in [-0.15, -0.1) is 0 Å². The van der Waals surface area contributed by atoms with E-state index >= 15 is 0 Å². The molecule has 0 bridgehead atoms. The van der Waals surface area contributed by atoms with Crippen molar-refractivity contribution in [3.8, 4) is 0 Å². The SMILES string of the molecule is CC1=CCC(C(=O)O)(C(=O)NN=Cc2ccc(Cl)cc2)C(c2ccc(Cl)cc2)C1. The molecular weight excluding hydrogens is 411 g/mol. The number of nitrogens with zero attached hydrogens (tertiary/aromatic N) is 1. The molecule has 2 unspecified atom stereocenters. The Hall–Kier alpha value is -2.63. The summed E-state index contributed by atoms with van der Waals surface area (Å²) in [5.74, 6) is -2.37. The van der Waals surface area contributed by atoms with Gasteiger partial charge in [0.1, 0.15) is 0 Å². The summed E-state index contributed by atoms with van der Waals surface area (Å²) in [6.45, 7) is 1.94. The second-order valence-electron chi connectivity index (χ2n) is 7.09. The molecule has 2 aromatic rings. The summed E-state index contributed by atoms with van der Waals surface area (Å²) in [5.41, 5.74) is 3.28. The Morgan fingerprint density at radius 1 is 1.10 bits per heavy atom. The van der Waals surface area contributed by atoms with E-state index in [2.05, 4.69) is 10.5 Å². The smallest absolute Gasteiger partial charge is 0.320 e. The number of hydrazone groups is 1. The van der Waals surface area contributed by atoms with Crippen LogP contribution in [-0.4, -0.2) is 23.2 Å². The van der Waals surface area contributed by atoms with Gasteiger partial charge < -0.3 is 5.11 Å². The van der Waals surface area contributed by atoms with Crippen molar-refractivity contribution in [1.82, 2.24) is 5.43 Å². The van der Waals surface area contributed by atoms with Crippen molar-refractivity contribution in [2.75, 3.05) is 0 Å². The minimum Gasteiger partial charge on any atom is -0.480 e. The van der Waals surface area contributed by atoms with Crippen LogP contribution in [0.2, 0.25) is 10.0 Å². The standard InChI is InChI=1S/C22H20Cl2N2O3/c1-14-10-11-22(21(28)29,19(12-14)16-4-8-18(24)9-5-16)20(27)26-25-13-15-2-6-17(23)7-3-15/h2-10,13,19H,11-12H2,1H3,(H,26,27)(H,28,29). The number of carboxylic acids is 1. The van der Waals surface area contributed by atoms with Crippen molar-refractivity contribution in [1.29, 1.82) is 0 Å². The van der Waals surface area contributed by atoms with Crippen molar-refractivity contribution >= 4 is 41.3 Å². The summed E-state index contributed by atoms with van der Waals surface area (Å²) >= 11 is 11.8. The van der Waals surface area contributed by atoms with E-state index in [-0.39, 0.29) is 6.42 Å². The molecule has 3 rings (SSSR count). The van der Waals surface area contributed by atoms with Crippen molar-refractivity contribution in [2.45, 2.75) is 25.7 Å². The summed E-state index contributed by atoms with van der Waals surface area (Å²) in [4.78, 5) is 25.4. The molecule has 0 spiro atoms. The molecule has 1 amide bonds. The molecule has 0 aliphatic heterocycles. The maximum atomic E-state index is 13.1. The van der Waals surface area contributed by atoms with Gasteiger partial charge in [-0.05, 0) is 55.2 Å². The third-order valence-electron chi connectivity index (χ3n) is 5.20. The highest BCUT2D eigenvalue weighted by Crippen LogP contribution is 2.47. The highest BCUT2D eigenvalue weighted by Gasteiger charge is 2.53. The fourth-order valence-corrected chi connectivity index (χ4v) is 3.80. The number of rotatable bonds is 5. The number of benzene rings is 2. The molecule has 7 heteroatoms. The van der Waals surface area contributed by atoms with Gasteiger partial charge in [0, 0.05) is 16.0 Å². The zero-order valence-corrected chi connectivity index (χ0v) is 17.2. The zero-order chi connectivity index (χ0) is 21.0. The van der Waals surface area contributed by atoms with Crippen LogP contribution in [0.15, 0.2) is 65.3 Å². The molecule has 0 heterocycles. The largest absolute Gasteiger partial charge is 0.480 e. The van der Waals surface area contributed by atoms with Crippen LogP contribution in [0.4, 0.5) is 0 Å². The molecule has 2 N–H and O–H groups in total. The molecular formula is C22H20Cl2N2O3. The third kappa shape index (κ3) is 4.52. The van der Waals surface area contributed by atoms with E-state index in [9.17, 15) is 14.7 Å². The molecule has 0 fully saturated rings. The quantitative estimate of drug-likeness (QED) is 0.301. The minimum absolute atomic E-state index is 0.0871. The van der Waals surface area contributed by atoms with Crippen LogP contribution in [0.3, 0.4) is 0 Å². The number of carbonyl (C=O) groups is 2. The minimum atomic E-state index is -1.66. The van der Waals surface area contributed by atoms with Gasteiger partial charge >= 0.3 is 5.97 Å². The molecule has 5 nitrogen and oxygen atoms in total. The number of hydrogen-bond acceptors (Lipinski definition) is 3. The summed E-state index contributed by atoms with van der Waals surface area (Å²) in [7, 11) is 0. The number of amides is 1. The molecule has 150 valence electrons. The van der Waals surface area contributed by atoms with E-state index in [1.807, 2.05) is 13.0 Å². The fraction of sp³-hybridized carbons (Fsp3) is 0.227. The summed E-state index contributed by atoms with van der Waals surface area (Å²) in [6, 6.07) is 13.8. The van der Waals surface area contributed by atoms with Crippen LogP contribution in [0.1, 0.15) is 36.8 Å². The lowest BCUT2D eigenvalue weighted by atomic mass is 9.64. The van der Waals surface area contributed by atoms with E-state index in [0.29, 0.717) is 16.5 Å². The number of allylic oxidation sites excluding steroid dienone is 2. The van der Waals surface area contributed by atoms with Crippen LogP contribution >= 0.6 is 23.2 Å². The van der Waals surface area contributed by atoms with Gasteiger partial charge in [-0.2, -0.15) is 5.10 Å². The van der Waals surface area contributed by atoms with Crippen molar-refractivity contribution in [3.05, 3.63) is 81.4 Å². The molecule has 1 aliphatic rings. The molecule has 2 aromatic carbocycles. The van der Waals surface area contributed by atoms with Gasteiger partial charge in [0.25, 0.3) is 5.91 Å². The van der Waals surface area contributed by atoms with Gasteiger partial charge in [-0.3, -0.25) is 9.59 Å². The Morgan fingerprint density at radius 2 is 1.69 bits per heavy atom. The first-order chi connectivity index (χ1) is 13.8. The van der Waals surface area contributed by atoms with Gasteiger partial charge in [0.05, 0.1) is 6.21 Å². The lowest BCUT2D eigenvalue weighted by molar-refractivity contribution is -0.158. The van der Waals surface area contributed by atoms with Crippen LogP contribution in [-0.2, 0) is 9.59 Å². The highest BCUT2D eigenvalue weighted by atomic mass is 35.5. The Morgan fingerprint density at radius 3 is 2.28 bits per heavy atom. The first kappa shape index (κ1) is 21.1. The van der Waals surface area contributed by atoms with E-state index in [1.165, 1.54) is 6.21 Å². The highest BCUT2D eigenvalue weighted by molar-refractivity contribution is 6.30. The van der Waals surface area contributed by atoms with E-state index in [0.717, 1.165) is 16.7 Å². The normalized spacial score (nSPS) is 21.6. The summed E-state index contributed by atoms with van der Waals surface area (Å²) in [6.07, 6.45) is 3.81. The lowest BCUT2D eigenvalue weighted by Crippen LogP contribution is -2.50. The van der Waals surface area contributed by atoms with E-state index in [4.69, 9.17) is 23.2 Å². The van der Waals surface area contributed by atoms with E-state index < -0.39 is 23.2 Å². The van der Waals surface area contributed by atoms with Crippen molar-refractivity contribution in [2.24, 2.45) is 10.5 Å². The molecule has 29 heavy (non-hydrogen) atoms. The second kappa shape index (κ2) is 8.80. The lowest BCUT2D eigenvalue weighted by Gasteiger charge is -2.38. The number of aliphatic carboxylic acids is 1. The molecule has 1 aliphatic carbocycles. The maximum Gasteiger partial charge on any atom is 0.320 e. The predicted octanol–water partition coefficient (Wildman–Crippen LogP) is 5.04. The van der Waals surface area contributed by atoms with Gasteiger partial charge in [0.15, 0.2) is 5.41 Å². The van der Waals surface area contributed by atoms with Crippen LogP contribution < -0.4 is 5.43 Å². The Kier molecular flexibility index (Phi) is 6.40. The maximum absolute atomic E-state index is 13.1. The monoisotopic (exact) mass is 430 g/mol. The second-order valence-corrected chi connectivity index (χ2v) is 7.96. The van der Waals surface area contributed by atoms with Gasteiger partial charge in [-0.1, -0.05) is 59.1 Å². The third-order valence-corrected chi connectivity index (χ3v) is 5.71. The van der Waals surface area contributed by atoms with Gasteiger partial charge in [0.2, 0.25) is 0 Å². The predicted molar refractivity (Wildman–Crippen MR) is 114 cm³/mol. The Labute approximate surface area is 179 Å². The van der Waals surface area contributed by atoms with Gasteiger partial charge in [-0.25, -0.2) is 5.43 Å². The molecule has 0 radical (unpaired) electrons. The first-order valence-corrected chi connectivity index (χ1v) is 9.82. The Bertz CT molecular complexity index is 969. The fourth-order valence-electron chi connectivity index (χ4n) is 3.55. The summed E-state index contributed by atoms with van der Waals surface area (Å²) < 4.78 is 0.